The number of ether oxygens (including phenoxy) is 2. The molecule has 0 saturated heterocycles. The van der Waals surface area contributed by atoms with E-state index in [9.17, 15) is 4.79 Å². The average molecular weight is 476 g/mol. The molecule has 174 valence electrons. The molecule has 0 bridgehead atoms. The highest BCUT2D eigenvalue weighted by molar-refractivity contribution is 6.30. The lowest BCUT2D eigenvalue weighted by atomic mass is 10.1. The lowest BCUT2D eigenvalue weighted by Crippen LogP contribution is -2.14. The first-order valence-corrected chi connectivity index (χ1v) is 11.3. The Hall–Kier alpha value is -3.77. The zero-order valence-electron chi connectivity index (χ0n) is 19.3. The number of nitrogens with zero attached hydrogens (tertiary/aromatic N) is 2. The zero-order valence-corrected chi connectivity index (χ0v) is 20.1. The number of benzene rings is 3. The molecule has 1 N–H and O–H groups in total. The van der Waals surface area contributed by atoms with Crippen molar-refractivity contribution >= 4 is 23.2 Å². The van der Waals surface area contributed by atoms with E-state index >= 15 is 0 Å². The number of amides is 1. The summed E-state index contributed by atoms with van der Waals surface area (Å²) in [5.41, 5.74) is 4.79. The highest BCUT2D eigenvalue weighted by atomic mass is 35.5. The van der Waals surface area contributed by atoms with Crippen LogP contribution in [0.1, 0.15) is 32.9 Å². The van der Waals surface area contributed by atoms with Crippen molar-refractivity contribution in [1.82, 2.24) is 9.78 Å². The van der Waals surface area contributed by atoms with Crippen molar-refractivity contribution in [3.05, 3.63) is 106 Å². The number of aryl methyl sites for hydroxylation is 1. The van der Waals surface area contributed by atoms with Crippen LogP contribution in [0.3, 0.4) is 0 Å². The number of rotatable bonds is 8. The summed E-state index contributed by atoms with van der Waals surface area (Å²) < 4.78 is 13.2. The molecule has 4 aromatic rings. The van der Waals surface area contributed by atoms with Crippen LogP contribution in [0.5, 0.6) is 11.5 Å². The molecular weight excluding hydrogens is 450 g/mol. The number of hydrogen-bond acceptors (Lipinski definition) is 4. The van der Waals surface area contributed by atoms with Crippen molar-refractivity contribution in [3.63, 3.8) is 0 Å². The van der Waals surface area contributed by atoms with Crippen LogP contribution < -0.4 is 14.8 Å². The standard InChI is InChI=1S/C27H26ClN3O3/c1-18-26(19(2)31(30-18)16-20-7-5-4-6-8-20)29-27(32)21-9-14-25(33-3)22(15-21)17-34-24-12-10-23(28)11-13-24/h4-15H,16-17H2,1-3H3,(H,29,32). The van der Waals surface area contributed by atoms with E-state index in [2.05, 4.69) is 22.5 Å². The number of hydrogen-bond donors (Lipinski definition) is 1. The summed E-state index contributed by atoms with van der Waals surface area (Å²) in [7, 11) is 1.59. The molecule has 0 radical (unpaired) electrons. The summed E-state index contributed by atoms with van der Waals surface area (Å²) in [5.74, 6) is 1.10. The molecule has 6 nitrogen and oxygen atoms in total. The number of nitrogens with one attached hydrogen (secondary N) is 1. The van der Waals surface area contributed by atoms with Crippen molar-refractivity contribution in [1.29, 1.82) is 0 Å². The minimum Gasteiger partial charge on any atom is -0.496 e. The molecule has 0 saturated carbocycles. The number of carbonyl (C=O) groups excluding carboxylic acids is 1. The Morgan fingerprint density at radius 3 is 2.47 bits per heavy atom. The molecule has 0 unspecified atom stereocenters. The summed E-state index contributed by atoms with van der Waals surface area (Å²) in [6.07, 6.45) is 0. The molecule has 4 rings (SSSR count). The van der Waals surface area contributed by atoms with E-state index in [0.717, 1.165) is 28.2 Å². The summed E-state index contributed by atoms with van der Waals surface area (Å²) in [4.78, 5) is 13.1. The second-order valence-electron chi connectivity index (χ2n) is 7.91. The maximum atomic E-state index is 13.1. The molecule has 1 aromatic heterocycles. The van der Waals surface area contributed by atoms with E-state index in [-0.39, 0.29) is 12.5 Å². The van der Waals surface area contributed by atoms with Crippen LogP contribution in [-0.4, -0.2) is 22.8 Å². The SMILES string of the molecule is COc1ccc(C(=O)Nc2c(C)nn(Cc3ccccc3)c2C)cc1COc1ccc(Cl)cc1. The van der Waals surface area contributed by atoms with Gasteiger partial charge in [0, 0.05) is 16.1 Å². The molecule has 7 heteroatoms. The van der Waals surface area contributed by atoms with Gasteiger partial charge in [-0.05, 0) is 61.9 Å². The fraction of sp³-hybridized carbons (Fsp3) is 0.185. The quantitative estimate of drug-likeness (QED) is 0.337. The first kappa shape index (κ1) is 23.4. The number of aromatic nitrogens is 2. The number of anilines is 1. The van der Waals surface area contributed by atoms with Crippen LogP contribution in [0.4, 0.5) is 5.69 Å². The monoisotopic (exact) mass is 475 g/mol. The molecule has 1 heterocycles. The van der Waals surface area contributed by atoms with Crippen LogP contribution in [0.15, 0.2) is 72.8 Å². The van der Waals surface area contributed by atoms with Gasteiger partial charge in [-0.2, -0.15) is 5.10 Å². The Balaban J connectivity index is 1.50. The lowest BCUT2D eigenvalue weighted by molar-refractivity contribution is 0.102. The third-order valence-electron chi connectivity index (χ3n) is 5.55. The molecule has 0 fully saturated rings. The minimum absolute atomic E-state index is 0.221. The van der Waals surface area contributed by atoms with Gasteiger partial charge in [0.25, 0.3) is 5.91 Å². The van der Waals surface area contributed by atoms with Crippen molar-refractivity contribution in [3.8, 4) is 11.5 Å². The van der Waals surface area contributed by atoms with Gasteiger partial charge in [-0.3, -0.25) is 9.48 Å². The first-order valence-electron chi connectivity index (χ1n) is 10.9. The molecule has 0 aliphatic heterocycles. The van der Waals surface area contributed by atoms with Crippen LogP contribution in [0, 0.1) is 13.8 Å². The Morgan fingerprint density at radius 2 is 1.76 bits per heavy atom. The van der Waals surface area contributed by atoms with E-state index in [1.165, 1.54) is 0 Å². The summed E-state index contributed by atoms with van der Waals surface area (Å²) in [6.45, 7) is 4.73. The fourth-order valence-corrected chi connectivity index (χ4v) is 3.82. The third-order valence-corrected chi connectivity index (χ3v) is 5.80. The molecule has 0 aliphatic carbocycles. The van der Waals surface area contributed by atoms with Gasteiger partial charge in [0.05, 0.1) is 30.7 Å². The molecule has 0 spiro atoms. The maximum absolute atomic E-state index is 13.1. The van der Waals surface area contributed by atoms with Crippen LogP contribution in [0.2, 0.25) is 5.02 Å². The van der Waals surface area contributed by atoms with Gasteiger partial charge in [0.15, 0.2) is 0 Å². The van der Waals surface area contributed by atoms with Crippen molar-refractivity contribution in [2.45, 2.75) is 27.0 Å². The summed E-state index contributed by atoms with van der Waals surface area (Å²) >= 11 is 5.94. The highest BCUT2D eigenvalue weighted by Gasteiger charge is 2.17. The van der Waals surface area contributed by atoms with Gasteiger partial charge in [-0.1, -0.05) is 41.9 Å². The lowest BCUT2D eigenvalue weighted by Gasteiger charge is -2.13. The predicted octanol–water partition coefficient (Wildman–Crippen LogP) is 6.04. The second kappa shape index (κ2) is 10.4. The van der Waals surface area contributed by atoms with E-state index < -0.39 is 0 Å². The van der Waals surface area contributed by atoms with Gasteiger partial charge < -0.3 is 14.8 Å². The second-order valence-corrected chi connectivity index (χ2v) is 8.35. The fourth-order valence-electron chi connectivity index (χ4n) is 3.70. The summed E-state index contributed by atoms with van der Waals surface area (Å²) in [5, 5.41) is 8.29. The first-order chi connectivity index (χ1) is 16.4. The van der Waals surface area contributed by atoms with Crippen molar-refractivity contribution in [2.24, 2.45) is 0 Å². The minimum atomic E-state index is -0.221. The molecule has 0 aliphatic rings. The molecule has 0 atom stereocenters. The van der Waals surface area contributed by atoms with Gasteiger partial charge in [0.2, 0.25) is 0 Å². The van der Waals surface area contributed by atoms with Crippen LogP contribution in [-0.2, 0) is 13.2 Å². The Labute approximate surface area is 204 Å². The van der Waals surface area contributed by atoms with E-state index in [4.69, 9.17) is 21.1 Å². The van der Waals surface area contributed by atoms with Crippen molar-refractivity contribution in [2.75, 3.05) is 12.4 Å². The van der Waals surface area contributed by atoms with E-state index in [0.29, 0.717) is 28.6 Å². The van der Waals surface area contributed by atoms with Crippen molar-refractivity contribution < 1.29 is 14.3 Å². The number of methoxy groups -OCH3 is 1. The average Bonchev–Trinajstić information content (AvgIpc) is 3.11. The van der Waals surface area contributed by atoms with Gasteiger partial charge in [0.1, 0.15) is 18.1 Å². The Bertz CT molecular complexity index is 1280. The van der Waals surface area contributed by atoms with Gasteiger partial charge >= 0.3 is 0 Å². The van der Waals surface area contributed by atoms with Crippen LogP contribution >= 0.6 is 11.6 Å². The smallest absolute Gasteiger partial charge is 0.255 e. The topological polar surface area (TPSA) is 65.4 Å². The highest BCUT2D eigenvalue weighted by Crippen LogP contribution is 2.25. The van der Waals surface area contributed by atoms with Crippen LogP contribution in [0.25, 0.3) is 0 Å². The largest absolute Gasteiger partial charge is 0.496 e. The molecule has 34 heavy (non-hydrogen) atoms. The predicted molar refractivity (Wildman–Crippen MR) is 134 cm³/mol. The molecule has 1 amide bonds. The van der Waals surface area contributed by atoms with Gasteiger partial charge in [-0.25, -0.2) is 0 Å². The van der Waals surface area contributed by atoms with E-state index in [1.54, 1.807) is 49.6 Å². The Kier molecular flexibility index (Phi) is 7.18. The summed E-state index contributed by atoms with van der Waals surface area (Å²) in [6, 6.07) is 22.5. The normalized spacial score (nSPS) is 10.7. The zero-order chi connectivity index (χ0) is 24.1. The van der Waals surface area contributed by atoms with E-state index in [1.807, 2.05) is 36.7 Å². The maximum Gasteiger partial charge on any atom is 0.255 e. The third kappa shape index (κ3) is 5.41. The number of carbonyl (C=O) groups is 1. The number of halogens is 1. The molecule has 3 aromatic carbocycles. The van der Waals surface area contributed by atoms with Gasteiger partial charge in [-0.15, -0.1) is 0 Å². The Morgan fingerprint density at radius 1 is 1.03 bits per heavy atom. The molecular formula is C27H26ClN3O3.